The molecule has 0 aliphatic carbocycles. The number of carbonyl (C=O) groups is 2. The van der Waals surface area contributed by atoms with Gasteiger partial charge in [-0.15, -0.1) is 11.8 Å². The van der Waals surface area contributed by atoms with Gasteiger partial charge < -0.3 is 10.2 Å². The van der Waals surface area contributed by atoms with E-state index in [-0.39, 0.29) is 5.56 Å². The number of aromatic carboxylic acids is 1. The van der Waals surface area contributed by atoms with Gasteiger partial charge >= 0.3 is 11.9 Å². The van der Waals surface area contributed by atoms with Crippen LogP contribution in [0.2, 0.25) is 0 Å². The maximum atomic E-state index is 10.8. The first-order valence-corrected chi connectivity index (χ1v) is 5.65. The summed E-state index contributed by atoms with van der Waals surface area (Å²) >= 11 is 1.22. The van der Waals surface area contributed by atoms with Crippen molar-refractivity contribution in [2.45, 2.75) is 23.5 Å². The van der Waals surface area contributed by atoms with Crippen LogP contribution in [0.15, 0.2) is 29.2 Å². The summed E-state index contributed by atoms with van der Waals surface area (Å²) in [4.78, 5) is 22.2. The summed E-state index contributed by atoms with van der Waals surface area (Å²) < 4.78 is 0. The Morgan fingerprint density at radius 1 is 1.25 bits per heavy atom. The maximum Gasteiger partial charge on any atom is 0.335 e. The van der Waals surface area contributed by atoms with E-state index in [0.29, 0.717) is 6.42 Å². The van der Waals surface area contributed by atoms with Gasteiger partial charge in [-0.25, -0.2) is 4.79 Å². The van der Waals surface area contributed by atoms with Crippen molar-refractivity contribution in [1.29, 1.82) is 0 Å². The molecule has 1 aromatic rings. The molecule has 0 aliphatic heterocycles. The van der Waals surface area contributed by atoms with Crippen molar-refractivity contribution in [2.75, 3.05) is 0 Å². The van der Waals surface area contributed by atoms with E-state index in [2.05, 4.69) is 0 Å². The molecule has 2 N–H and O–H groups in total. The van der Waals surface area contributed by atoms with Crippen molar-refractivity contribution in [3.63, 3.8) is 0 Å². The zero-order valence-corrected chi connectivity index (χ0v) is 9.53. The van der Waals surface area contributed by atoms with Crippen LogP contribution in [0.5, 0.6) is 0 Å². The molecule has 0 radical (unpaired) electrons. The molecule has 1 aromatic carbocycles. The standard InChI is InChI=1S/C11H12O4S/c1-2-9(11(14)15)16-8-5-3-7(4-6-8)10(12)13/h3-6,9H,2H2,1H3,(H,12,13)(H,14,15)/t9-/m0/s1. The van der Waals surface area contributed by atoms with Crippen molar-refractivity contribution in [3.8, 4) is 0 Å². The molecule has 1 rings (SSSR count). The Kier molecular flexibility index (Phi) is 4.37. The van der Waals surface area contributed by atoms with E-state index < -0.39 is 17.2 Å². The highest BCUT2D eigenvalue weighted by Crippen LogP contribution is 2.25. The SMILES string of the molecule is CC[C@H](Sc1ccc(C(=O)O)cc1)C(=O)O. The largest absolute Gasteiger partial charge is 0.480 e. The van der Waals surface area contributed by atoms with E-state index in [4.69, 9.17) is 10.2 Å². The van der Waals surface area contributed by atoms with Crippen LogP contribution in [0.3, 0.4) is 0 Å². The molecule has 86 valence electrons. The smallest absolute Gasteiger partial charge is 0.335 e. The highest BCUT2D eigenvalue weighted by molar-refractivity contribution is 8.00. The third-order valence-electron chi connectivity index (χ3n) is 2.03. The molecule has 0 saturated carbocycles. The highest BCUT2D eigenvalue weighted by Gasteiger charge is 2.16. The molecule has 0 bridgehead atoms. The molecule has 0 heterocycles. The Morgan fingerprint density at radius 2 is 1.81 bits per heavy atom. The summed E-state index contributed by atoms with van der Waals surface area (Å²) in [6.07, 6.45) is 0.528. The van der Waals surface area contributed by atoms with Crippen LogP contribution < -0.4 is 0 Å². The molecule has 0 aromatic heterocycles. The van der Waals surface area contributed by atoms with Gasteiger partial charge in [-0.1, -0.05) is 6.92 Å². The quantitative estimate of drug-likeness (QED) is 0.773. The topological polar surface area (TPSA) is 74.6 Å². The van der Waals surface area contributed by atoms with Gasteiger partial charge in [-0.3, -0.25) is 4.79 Å². The van der Waals surface area contributed by atoms with Gasteiger partial charge in [0, 0.05) is 4.90 Å². The molecular weight excluding hydrogens is 228 g/mol. The molecule has 0 saturated heterocycles. The number of carboxylic acid groups (broad SMARTS) is 2. The number of aliphatic carboxylic acids is 1. The summed E-state index contributed by atoms with van der Waals surface area (Å²) in [5.41, 5.74) is 0.202. The van der Waals surface area contributed by atoms with Crippen molar-refractivity contribution in [2.24, 2.45) is 0 Å². The average Bonchev–Trinajstić information content (AvgIpc) is 2.26. The third-order valence-corrected chi connectivity index (χ3v) is 3.39. The predicted octanol–water partition coefficient (Wildman–Crippen LogP) is 2.34. The Balaban J connectivity index is 2.75. The van der Waals surface area contributed by atoms with Crippen LogP contribution in [-0.4, -0.2) is 27.4 Å². The van der Waals surface area contributed by atoms with Crippen LogP contribution in [0, 0.1) is 0 Å². The number of benzene rings is 1. The second-order valence-corrected chi connectivity index (χ2v) is 4.46. The van der Waals surface area contributed by atoms with Gasteiger partial charge in [0.1, 0.15) is 5.25 Å². The Bertz CT molecular complexity index is 385. The van der Waals surface area contributed by atoms with Crippen molar-refractivity contribution >= 4 is 23.7 Å². The van der Waals surface area contributed by atoms with Crippen LogP contribution >= 0.6 is 11.8 Å². The molecule has 0 spiro atoms. The summed E-state index contributed by atoms with van der Waals surface area (Å²) in [5, 5.41) is 17.1. The second kappa shape index (κ2) is 5.55. The zero-order valence-electron chi connectivity index (χ0n) is 8.71. The van der Waals surface area contributed by atoms with Crippen LogP contribution in [0.25, 0.3) is 0 Å². The third kappa shape index (κ3) is 3.27. The molecule has 4 nitrogen and oxygen atoms in total. The summed E-state index contributed by atoms with van der Waals surface area (Å²) in [6, 6.07) is 6.19. The minimum absolute atomic E-state index is 0.202. The van der Waals surface area contributed by atoms with Gasteiger partial charge in [0.05, 0.1) is 5.56 Å². The average molecular weight is 240 g/mol. The first kappa shape index (κ1) is 12.6. The van der Waals surface area contributed by atoms with Gasteiger partial charge in [0.15, 0.2) is 0 Å². The molecule has 0 fully saturated rings. The fraction of sp³-hybridized carbons (Fsp3) is 0.273. The molecule has 0 amide bonds. The molecule has 0 aliphatic rings. The van der Waals surface area contributed by atoms with Crippen molar-refractivity contribution in [3.05, 3.63) is 29.8 Å². The first-order chi connectivity index (χ1) is 7.54. The fourth-order valence-corrected chi connectivity index (χ4v) is 2.04. The molecule has 5 heteroatoms. The monoisotopic (exact) mass is 240 g/mol. The van der Waals surface area contributed by atoms with Gasteiger partial charge in [0.25, 0.3) is 0 Å². The zero-order chi connectivity index (χ0) is 12.1. The van der Waals surface area contributed by atoms with Crippen LogP contribution in [0.4, 0.5) is 0 Å². The lowest BCUT2D eigenvalue weighted by molar-refractivity contribution is -0.136. The lowest BCUT2D eigenvalue weighted by Gasteiger charge is -2.08. The molecule has 16 heavy (non-hydrogen) atoms. The minimum Gasteiger partial charge on any atom is -0.480 e. The van der Waals surface area contributed by atoms with E-state index in [9.17, 15) is 9.59 Å². The van der Waals surface area contributed by atoms with Gasteiger partial charge in [-0.05, 0) is 30.7 Å². The highest BCUT2D eigenvalue weighted by atomic mass is 32.2. The second-order valence-electron chi connectivity index (χ2n) is 3.18. The first-order valence-electron chi connectivity index (χ1n) is 4.77. The van der Waals surface area contributed by atoms with Crippen LogP contribution in [-0.2, 0) is 4.79 Å². The van der Waals surface area contributed by atoms with E-state index in [1.807, 2.05) is 0 Å². The van der Waals surface area contributed by atoms with E-state index in [1.54, 1.807) is 19.1 Å². The Hall–Kier alpha value is -1.49. The Labute approximate surface area is 97.3 Å². The van der Waals surface area contributed by atoms with Crippen molar-refractivity contribution < 1.29 is 19.8 Å². The Morgan fingerprint density at radius 3 is 2.19 bits per heavy atom. The molecular formula is C11H12O4S. The maximum absolute atomic E-state index is 10.8. The summed E-state index contributed by atoms with van der Waals surface area (Å²) in [6.45, 7) is 1.80. The lowest BCUT2D eigenvalue weighted by atomic mass is 10.2. The van der Waals surface area contributed by atoms with Crippen LogP contribution in [0.1, 0.15) is 23.7 Å². The number of carboxylic acids is 2. The summed E-state index contributed by atoms with van der Waals surface area (Å²) in [7, 11) is 0. The number of rotatable bonds is 5. The number of hydrogen-bond acceptors (Lipinski definition) is 3. The van der Waals surface area contributed by atoms with Gasteiger partial charge in [-0.2, -0.15) is 0 Å². The lowest BCUT2D eigenvalue weighted by Crippen LogP contribution is -2.14. The van der Waals surface area contributed by atoms with E-state index >= 15 is 0 Å². The fourth-order valence-electron chi connectivity index (χ4n) is 1.15. The van der Waals surface area contributed by atoms with E-state index in [0.717, 1.165) is 4.90 Å². The number of thioether (sulfide) groups is 1. The number of hydrogen-bond donors (Lipinski definition) is 2. The van der Waals surface area contributed by atoms with Gasteiger partial charge in [0.2, 0.25) is 0 Å². The molecule has 0 unspecified atom stereocenters. The minimum atomic E-state index is -0.984. The van der Waals surface area contributed by atoms with E-state index in [1.165, 1.54) is 23.9 Å². The van der Waals surface area contributed by atoms with Crippen molar-refractivity contribution in [1.82, 2.24) is 0 Å². The normalized spacial score (nSPS) is 12.1. The molecule has 1 atom stereocenters. The predicted molar refractivity (Wildman–Crippen MR) is 61.0 cm³/mol. The summed E-state index contributed by atoms with van der Waals surface area (Å²) in [5.74, 6) is -1.84.